The number of amides is 1. The van der Waals surface area contributed by atoms with Crippen LogP contribution in [0.3, 0.4) is 0 Å². The number of carbonyl (C=O) groups is 1. The summed E-state index contributed by atoms with van der Waals surface area (Å²) < 4.78 is 38.5. The van der Waals surface area contributed by atoms with Gasteiger partial charge in [0, 0.05) is 24.3 Å². The predicted molar refractivity (Wildman–Crippen MR) is 113 cm³/mol. The minimum absolute atomic E-state index is 0.173. The Labute approximate surface area is 175 Å². The fourth-order valence-electron chi connectivity index (χ4n) is 3.59. The number of fused-ring (bicyclic) bond motifs is 1. The monoisotopic (exact) mass is 426 g/mol. The molecule has 0 unspecified atom stereocenters. The molecule has 3 aromatic rings. The van der Waals surface area contributed by atoms with Gasteiger partial charge >= 0.3 is 0 Å². The zero-order valence-electron chi connectivity index (χ0n) is 16.5. The molecule has 1 aromatic heterocycles. The van der Waals surface area contributed by atoms with E-state index in [0.29, 0.717) is 42.3 Å². The van der Waals surface area contributed by atoms with E-state index >= 15 is 0 Å². The van der Waals surface area contributed by atoms with Crippen molar-refractivity contribution < 1.29 is 22.4 Å². The van der Waals surface area contributed by atoms with Crippen LogP contribution < -0.4 is 9.46 Å². The quantitative estimate of drug-likeness (QED) is 0.652. The Morgan fingerprint density at radius 2 is 1.97 bits per heavy atom. The maximum absolute atomic E-state index is 12.7. The number of hydrogen-bond donors (Lipinski definition) is 1. The van der Waals surface area contributed by atoms with E-state index in [1.807, 2.05) is 6.07 Å². The maximum Gasteiger partial charge on any atom is 0.289 e. The summed E-state index contributed by atoms with van der Waals surface area (Å²) >= 11 is 0. The van der Waals surface area contributed by atoms with Gasteiger partial charge in [0.1, 0.15) is 5.75 Å². The molecule has 7 nitrogen and oxygen atoms in total. The maximum atomic E-state index is 12.7. The van der Waals surface area contributed by atoms with Crippen LogP contribution in [-0.4, -0.2) is 32.9 Å². The molecule has 0 aliphatic carbocycles. The van der Waals surface area contributed by atoms with Gasteiger partial charge in [-0.15, -0.1) is 0 Å². The Morgan fingerprint density at radius 3 is 2.73 bits per heavy atom. The second kappa shape index (κ2) is 8.23. The van der Waals surface area contributed by atoms with Crippen LogP contribution in [0.25, 0.3) is 0 Å². The fraction of sp³-hybridized carbons (Fsp3) is 0.227. The third kappa shape index (κ3) is 4.33. The van der Waals surface area contributed by atoms with Crippen LogP contribution in [0.5, 0.6) is 5.75 Å². The first-order valence-electron chi connectivity index (χ1n) is 9.52. The van der Waals surface area contributed by atoms with Crippen molar-refractivity contribution in [1.82, 2.24) is 4.90 Å². The molecule has 1 aliphatic rings. The second-order valence-corrected chi connectivity index (χ2v) is 8.83. The van der Waals surface area contributed by atoms with E-state index in [-0.39, 0.29) is 11.7 Å². The number of sulfonamides is 1. The average Bonchev–Trinajstić information content (AvgIpc) is 3.27. The zero-order chi connectivity index (χ0) is 21.1. The van der Waals surface area contributed by atoms with E-state index in [4.69, 9.17) is 9.15 Å². The summed E-state index contributed by atoms with van der Waals surface area (Å²) in [7, 11) is -2.13. The number of furan rings is 1. The molecule has 30 heavy (non-hydrogen) atoms. The Kier molecular flexibility index (Phi) is 5.50. The molecule has 2 heterocycles. The number of carbonyl (C=O) groups excluding carboxylic acids is 1. The zero-order valence-corrected chi connectivity index (χ0v) is 17.3. The molecule has 1 N–H and O–H groups in total. The summed E-state index contributed by atoms with van der Waals surface area (Å²) in [6.45, 7) is 0.988. The number of hydrogen-bond acceptors (Lipinski definition) is 5. The molecule has 0 bridgehead atoms. The lowest BCUT2D eigenvalue weighted by Crippen LogP contribution is -2.35. The molecule has 156 valence electrons. The summed E-state index contributed by atoms with van der Waals surface area (Å²) in [5, 5.41) is 0. The Balaban J connectivity index is 1.50. The highest BCUT2D eigenvalue weighted by Crippen LogP contribution is 2.26. The number of ether oxygens (including phenoxy) is 1. The van der Waals surface area contributed by atoms with Gasteiger partial charge in [-0.25, -0.2) is 8.42 Å². The summed E-state index contributed by atoms with van der Waals surface area (Å²) in [5.74, 6) is 0.456. The molecule has 8 heteroatoms. The van der Waals surface area contributed by atoms with E-state index < -0.39 is 10.0 Å². The molecule has 1 amide bonds. The minimum atomic E-state index is -3.64. The molecule has 0 radical (unpaired) electrons. The highest BCUT2D eigenvalue weighted by Gasteiger charge is 2.24. The summed E-state index contributed by atoms with van der Waals surface area (Å²) in [5.41, 5.74) is 3.07. The third-order valence-electron chi connectivity index (χ3n) is 5.05. The SMILES string of the molecule is COc1ccccc1CS(=O)(=O)Nc1ccc2c(c1)CN(C(=O)c1ccco1)CC2. The van der Waals surface area contributed by atoms with Gasteiger partial charge in [0.05, 0.1) is 19.1 Å². The van der Waals surface area contributed by atoms with E-state index in [0.717, 1.165) is 11.1 Å². The molecule has 0 atom stereocenters. The van der Waals surface area contributed by atoms with E-state index in [2.05, 4.69) is 4.72 Å². The molecule has 0 saturated carbocycles. The lowest BCUT2D eigenvalue weighted by Gasteiger charge is -2.28. The van der Waals surface area contributed by atoms with Gasteiger partial charge in [-0.3, -0.25) is 9.52 Å². The Bertz CT molecular complexity index is 1160. The molecular formula is C22H22N2O5S. The summed E-state index contributed by atoms with van der Waals surface area (Å²) in [4.78, 5) is 14.3. The molecule has 2 aromatic carbocycles. The molecule has 4 rings (SSSR count). The van der Waals surface area contributed by atoms with Crippen LogP contribution in [0.1, 0.15) is 27.2 Å². The van der Waals surface area contributed by atoms with Crippen molar-refractivity contribution in [2.24, 2.45) is 0 Å². The van der Waals surface area contributed by atoms with Crippen LogP contribution in [0.2, 0.25) is 0 Å². The minimum Gasteiger partial charge on any atom is -0.496 e. The van der Waals surface area contributed by atoms with Crippen molar-refractivity contribution in [3.05, 3.63) is 83.3 Å². The standard InChI is InChI=1S/C22H22N2O5S/c1-28-20-6-3-2-5-17(20)15-30(26,27)23-19-9-8-16-10-11-24(14-18(16)13-19)22(25)21-7-4-12-29-21/h2-9,12-13,23H,10-11,14-15H2,1H3. The normalized spacial score (nSPS) is 13.6. The highest BCUT2D eigenvalue weighted by molar-refractivity contribution is 7.91. The van der Waals surface area contributed by atoms with Crippen molar-refractivity contribution in [2.75, 3.05) is 18.4 Å². The van der Waals surface area contributed by atoms with Gasteiger partial charge in [-0.2, -0.15) is 0 Å². The number of para-hydroxylation sites is 1. The van der Waals surface area contributed by atoms with Crippen LogP contribution in [0, 0.1) is 0 Å². The molecule has 1 aliphatic heterocycles. The van der Waals surface area contributed by atoms with Crippen molar-refractivity contribution in [2.45, 2.75) is 18.7 Å². The topological polar surface area (TPSA) is 88.9 Å². The predicted octanol–water partition coefficient (Wildman–Crippen LogP) is 3.43. The average molecular weight is 426 g/mol. The number of anilines is 1. The van der Waals surface area contributed by atoms with E-state index in [1.165, 1.54) is 13.4 Å². The molecule has 0 saturated heterocycles. The smallest absolute Gasteiger partial charge is 0.289 e. The second-order valence-electron chi connectivity index (χ2n) is 7.11. The fourth-order valence-corrected chi connectivity index (χ4v) is 4.80. The summed E-state index contributed by atoms with van der Waals surface area (Å²) in [6.07, 6.45) is 2.18. The lowest BCUT2D eigenvalue weighted by atomic mass is 9.99. The first kappa shape index (κ1) is 20.0. The third-order valence-corrected chi connectivity index (χ3v) is 6.29. The van der Waals surface area contributed by atoms with Crippen LogP contribution >= 0.6 is 0 Å². The highest BCUT2D eigenvalue weighted by atomic mass is 32.2. The first-order valence-corrected chi connectivity index (χ1v) is 11.2. The van der Waals surface area contributed by atoms with Crippen LogP contribution in [-0.2, 0) is 28.7 Å². The van der Waals surface area contributed by atoms with Crippen molar-refractivity contribution >= 4 is 21.6 Å². The number of benzene rings is 2. The van der Waals surface area contributed by atoms with E-state index in [9.17, 15) is 13.2 Å². The summed E-state index contributed by atoms with van der Waals surface area (Å²) in [6, 6.07) is 15.8. The Morgan fingerprint density at radius 1 is 1.13 bits per heavy atom. The van der Waals surface area contributed by atoms with Gasteiger partial charge in [-0.05, 0) is 47.9 Å². The van der Waals surface area contributed by atoms with Gasteiger partial charge < -0.3 is 14.1 Å². The molecule has 0 spiro atoms. The largest absolute Gasteiger partial charge is 0.496 e. The number of rotatable bonds is 6. The molecular weight excluding hydrogens is 404 g/mol. The molecule has 0 fully saturated rings. The number of nitrogens with zero attached hydrogens (tertiary/aromatic N) is 1. The van der Waals surface area contributed by atoms with Gasteiger partial charge in [-0.1, -0.05) is 24.3 Å². The van der Waals surface area contributed by atoms with Gasteiger partial charge in [0.2, 0.25) is 10.0 Å². The van der Waals surface area contributed by atoms with Crippen molar-refractivity contribution in [1.29, 1.82) is 0 Å². The Hall–Kier alpha value is -3.26. The number of methoxy groups -OCH3 is 1. The van der Waals surface area contributed by atoms with E-state index in [1.54, 1.807) is 53.4 Å². The van der Waals surface area contributed by atoms with Crippen LogP contribution in [0.15, 0.2) is 65.3 Å². The van der Waals surface area contributed by atoms with Crippen molar-refractivity contribution in [3.63, 3.8) is 0 Å². The number of nitrogens with one attached hydrogen (secondary N) is 1. The lowest BCUT2D eigenvalue weighted by molar-refractivity contribution is 0.0702. The van der Waals surface area contributed by atoms with Gasteiger partial charge in [0.15, 0.2) is 5.76 Å². The van der Waals surface area contributed by atoms with Crippen LogP contribution in [0.4, 0.5) is 5.69 Å². The van der Waals surface area contributed by atoms with Crippen molar-refractivity contribution in [3.8, 4) is 5.75 Å². The van der Waals surface area contributed by atoms with Gasteiger partial charge in [0.25, 0.3) is 5.91 Å². The first-order chi connectivity index (χ1) is 14.4.